The Hall–Kier alpha value is -1.39. The fourth-order valence-electron chi connectivity index (χ4n) is 2.44. The fraction of sp³-hybridized carbons (Fsp3) is 0.429. The summed E-state index contributed by atoms with van der Waals surface area (Å²) in [6, 6.07) is 4.41. The van der Waals surface area contributed by atoms with Gasteiger partial charge in [0.15, 0.2) is 5.75 Å². The van der Waals surface area contributed by atoms with Gasteiger partial charge in [0.2, 0.25) is 0 Å². The van der Waals surface area contributed by atoms with E-state index < -0.39 is 0 Å². The zero-order chi connectivity index (χ0) is 13.1. The van der Waals surface area contributed by atoms with Gasteiger partial charge in [-0.25, -0.2) is 4.39 Å². The molecular formula is C14H19FN2O. The standard InChI is InChI=1S/C14H19FN2O/c1-10(11-5-7-17(2)8-6-11)13-4-3-12(15)9-14(13)18-16/h3-4,9,11H,1,5-8,16H2,2H3. The zero-order valence-corrected chi connectivity index (χ0v) is 10.7. The molecule has 4 heteroatoms. The molecule has 2 rings (SSSR count). The van der Waals surface area contributed by atoms with E-state index in [1.54, 1.807) is 6.07 Å². The van der Waals surface area contributed by atoms with E-state index in [2.05, 4.69) is 18.5 Å². The highest BCUT2D eigenvalue weighted by Crippen LogP contribution is 2.35. The van der Waals surface area contributed by atoms with E-state index in [0.29, 0.717) is 11.7 Å². The second kappa shape index (κ2) is 5.50. The number of rotatable bonds is 3. The summed E-state index contributed by atoms with van der Waals surface area (Å²) >= 11 is 0. The summed E-state index contributed by atoms with van der Waals surface area (Å²) in [7, 11) is 2.12. The fourth-order valence-corrected chi connectivity index (χ4v) is 2.44. The Kier molecular flexibility index (Phi) is 3.99. The molecule has 1 aromatic carbocycles. The number of allylic oxidation sites excluding steroid dienone is 1. The molecule has 1 saturated heterocycles. The van der Waals surface area contributed by atoms with Crippen LogP contribution in [0, 0.1) is 11.7 Å². The van der Waals surface area contributed by atoms with Gasteiger partial charge in [-0.15, -0.1) is 0 Å². The highest BCUT2D eigenvalue weighted by Gasteiger charge is 2.22. The smallest absolute Gasteiger partial charge is 0.157 e. The lowest BCUT2D eigenvalue weighted by Gasteiger charge is -2.30. The van der Waals surface area contributed by atoms with E-state index in [1.807, 2.05) is 0 Å². The van der Waals surface area contributed by atoms with Crippen molar-refractivity contribution in [3.05, 3.63) is 36.2 Å². The molecule has 0 aliphatic carbocycles. The SMILES string of the molecule is C=C(c1ccc(F)cc1ON)C1CCN(C)CC1. The average Bonchev–Trinajstić information content (AvgIpc) is 2.38. The molecule has 0 saturated carbocycles. The lowest BCUT2D eigenvalue weighted by Crippen LogP contribution is -2.30. The molecule has 1 aromatic rings. The first-order valence-corrected chi connectivity index (χ1v) is 6.16. The van der Waals surface area contributed by atoms with Crippen LogP contribution in [0.15, 0.2) is 24.8 Å². The highest BCUT2D eigenvalue weighted by atomic mass is 19.1. The quantitative estimate of drug-likeness (QED) is 0.837. The maximum atomic E-state index is 13.1. The molecule has 1 aliphatic rings. The van der Waals surface area contributed by atoms with E-state index in [0.717, 1.165) is 37.1 Å². The van der Waals surface area contributed by atoms with Crippen molar-refractivity contribution in [2.45, 2.75) is 12.8 Å². The van der Waals surface area contributed by atoms with Crippen molar-refractivity contribution >= 4 is 5.57 Å². The summed E-state index contributed by atoms with van der Waals surface area (Å²) < 4.78 is 13.1. The van der Waals surface area contributed by atoms with Gasteiger partial charge in [0.25, 0.3) is 0 Å². The van der Waals surface area contributed by atoms with Crippen LogP contribution in [0.2, 0.25) is 0 Å². The molecule has 2 N–H and O–H groups in total. The Labute approximate surface area is 107 Å². The van der Waals surface area contributed by atoms with Crippen LogP contribution in [-0.4, -0.2) is 25.0 Å². The summed E-state index contributed by atoms with van der Waals surface area (Å²) in [4.78, 5) is 7.05. The van der Waals surface area contributed by atoms with E-state index in [1.165, 1.54) is 12.1 Å². The minimum absolute atomic E-state index is 0.352. The Bertz CT molecular complexity index is 439. The molecule has 0 unspecified atom stereocenters. The lowest BCUT2D eigenvalue weighted by molar-refractivity contribution is 0.248. The number of hydrogen-bond donors (Lipinski definition) is 1. The molecule has 0 bridgehead atoms. The monoisotopic (exact) mass is 250 g/mol. The molecule has 18 heavy (non-hydrogen) atoms. The third-order valence-electron chi connectivity index (χ3n) is 3.63. The van der Waals surface area contributed by atoms with Crippen molar-refractivity contribution in [1.29, 1.82) is 0 Å². The van der Waals surface area contributed by atoms with E-state index in [-0.39, 0.29) is 5.82 Å². The number of piperidine rings is 1. The van der Waals surface area contributed by atoms with Gasteiger partial charge in [0, 0.05) is 11.6 Å². The van der Waals surface area contributed by atoms with E-state index >= 15 is 0 Å². The molecule has 98 valence electrons. The van der Waals surface area contributed by atoms with Gasteiger partial charge < -0.3 is 9.74 Å². The number of nitrogens with zero attached hydrogens (tertiary/aromatic N) is 1. The summed E-state index contributed by atoms with van der Waals surface area (Å²) in [5.41, 5.74) is 1.80. The minimum atomic E-state index is -0.352. The van der Waals surface area contributed by atoms with Crippen LogP contribution in [0.1, 0.15) is 18.4 Å². The zero-order valence-electron chi connectivity index (χ0n) is 10.7. The lowest BCUT2D eigenvalue weighted by atomic mass is 9.86. The number of nitrogens with two attached hydrogens (primary N) is 1. The third-order valence-corrected chi connectivity index (χ3v) is 3.63. The van der Waals surface area contributed by atoms with Crippen molar-refractivity contribution in [1.82, 2.24) is 4.90 Å². The van der Waals surface area contributed by atoms with Crippen molar-refractivity contribution in [2.24, 2.45) is 11.8 Å². The van der Waals surface area contributed by atoms with Gasteiger partial charge >= 0.3 is 0 Å². The van der Waals surface area contributed by atoms with Crippen molar-refractivity contribution < 1.29 is 9.23 Å². The molecule has 0 radical (unpaired) electrons. The molecule has 1 aliphatic heterocycles. The Morgan fingerprint density at radius 3 is 2.72 bits per heavy atom. The molecular weight excluding hydrogens is 231 g/mol. The van der Waals surface area contributed by atoms with Gasteiger partial charge in [-0.05, 0) is 56.6 Å². The van der Waals surface area contributed by atoms with Crippen LogP contribution in [0.4, 0.5) is 4.39 Å². The van der Waals surface area contributed by atoms with Crippen molar-refractivity contribution in [2.75, 3.05) is 20.1 Å². The summed E-state index contributed by atoms with van der Waals surface area (Å²) in [6.45, 7) is 6.25. The topological polar surface area (TPSA) is 38.5 Å². The first kappa shape index (κ1) is 13.1. The van der Waals surface area contributed by atoms with Gasteiger partial charge in [0.1, 0.15) is 5.82 Å². The summed E-state index contributed by atoms with van der Waals surface area (Å²) in [5, 5.41) is 0. The first-order chi connectivity index (χ1) is 8.61. The van der Waals surface area contributed by atoms with Crippen LogP contribution < -0.4 is 10.7 Å². The highest BCUT2D eigenvalue weighted by molar-refractivity contribution is 5.70. The molecule has 0 aromatic heterocycles. The third kappa shape index (κ3) is 2.71. The van der Waals surface area contributed by atoms with Crippen molar-refractivity contribution in [3.63, 3.8) is 0 Å². The maximum absolute atomic E-state index is 13.1. The Morgan fingerprint density at radius 2 is 2.11 bits per heavy atom. The van der Waals surface area contributed by atoms with Crippen LogP contribution in [0.25, 0.3) is 5.57 Å². The Balaban J connectivity index is 2.18. The predicted octanol–water partition coefficient (Wildman–Crippen LogP) is 2.43. The second-order valence-electron chi connectivity index (χ2n) is 4.86. The number of benzene rings is 1. The van der Waals surface area contributed by atoms with Gasteiger partial charge in [-0.2, -0.15) is 5.90 Å². The summed E-state index contributed by atoms with van der Waals surface area (Å²) in [6.07, 6.45) is 2.13. The van der Waals surface area contributed by atoms with E-state index in [9.17, 15) is 4.39 Å². The summed E-state index contributed by atoms with van der Waals surface area (Å²) in [5.74, 6) is 5.62. The average molecular weight is 250 g/mol. The largest absolute Gasteiger partial charge is 0.411 e. The van der Waals surface area contributed by atoms with Crippen LogP contribution in [-0.2, 0) is 0 Å². The molecule has 0 spiro atoms. The number of likely N-dealkylation sites (tertiary alicyclic amines) is 1. The van der Waals surface area contributed by atoms with Gasteiger partial charge in [0.05, 0.1) is 0 Å². The maximum Gasteiger partial charge on any atom is 0.157 e. The molecule has 0 amide bonds. The molecule has 1 fully saturated rings. The molecule has 3 nitrogen and oxygen atoms in total. The van der Waals surface area contributed by atoms with E-state index in [4.69, 9.17) is 10.7 Å². The predicted molar refractivity (Wildman–Crippen MR) is 70.5 cm³/mol. The second-order valence-corrected chi connectivity index (χ2v) is 4.86. The first-order valence-electron chi connectivity index (χ1n) is 6.16. The Morgan fingerprint density at radius 1 is 1.44 bits per heavy atom. The van der Waals surface area contributed by atoms with Gasteiger partial charge in [-0.1, -0.05) is 6.58 Å². The molecule has 0 atom stereocenters. The van der Waals surface area contributed by atoms with Crippen LogP contribution in [0.3, 0.4) is 0 Å². The van der Waals surface area contributed by atoms with Crippen LogP contribution >= 0.6 is 0 Å². The minimum Gasteiger partial charge on any atom is -0.411 e. The number of halogens is 1. The van der Waals surface area contributed by atoms with Crippen LogP contribution in [0.5, 0.6) is 5.75 Å². The van der Waals surface area contributed by atoms with Crippen molar-refractivity contribution in [3.8, 4) is 5.75 Å². The molecule has 1 heterocycles. The number of hydrogen-bond acceptors (Lipinski definition) is 3. The van der Waals surface area contributed by atoms with Gasteiger partial charge in [-0.3, -0.25) is 0 Å². The normalized spacial score (nSPS) is 17.7.